The van der Waals surface area contributed by atoms with Gasteiger partial charge in [-0.3, -0.25) is 14.6 Å². The van der Waals surface area contributed by atoms with Crippen LogP contribution in [0.3, 0.4) is 0 Å². The molecule has 2 aromatic carbocycles. The third kappa shape index (κ3) is 4.13. The summed E-state index contributed by atoms with van der Waals surface area (Å²) in [5.74, 6) is -0.437. The molecule has 0 radical (unpaired) electrons. The third-order valence-electron chi connectivity index (χ3n) is 3.96. The average Bonchev–Trinajstić information content (AvgIpc) is 2.65. The molecule has 0 aliphatic carbocycles. The maximum atomic E-state index is 12.4. The maximum absolute atomic E-state index is 12.4. The Morgan fingerprint density at radius 3 is 2.23 bits per heavy atom. The first kappa shape index (κ1) is 17.4. The summed E-state index contributed by atoms with van der Waals surface area (Å²) in [6.45, 7) is 3.97. The normalized spacial score (nSPS) is 10.2. The number of nitrogens with one attached hydrogen (secondary N) is 2. The maximum Gasteiger partial charge on any atom is 0.257 e. The van der Waals surface area contributed by atoms with E-state index >= 15 is 0 Å². The van der Waals surface area contributed by atoms with Crippen molar-refractivity contribution >= 4 is 23.2 Å². The number of benzene rings is 2. The lowest BCUT2D eigenvalue weighted by molar-refractivity contribution is 0.101. The van der Waals surface area contributed by atoms with Crippen LogP contribution in [0.4, 0.5) is 11.4 Å². The van der Waals surface area contributed by atoms with Gasteiger partial charge in [-0.05, 0) is 61.9 Å². The number of pyridine rings is 1. The summed E-state index contributed by atoms with van der Waals surface area (Å²) in [4.78, 5) is 28.4. The third-order valence-corrected chi connectivity index (χ3v) is 3.96. The van der Waals surface area contributed by atoms with Gasteiger partial charge < -0.3 is 10.6 Å². The highest BCUT2D eigenvalue weighted by atomic mass is 16.2. The minimum Gasteiger partial charge on any atom is -0.322 e. The van der Waals surface area contributed by atoms with Gasteiger partial charge in [-0.25, -0.2) is 0 Å². The minimum absolute atomic E-state index is 0.193. The Kier molecular flexibility index (Phi) is 5.08. The van der Waals surface area contributed by atoms with Crippen LogP contribution in [0.15, 0.2) is 67.0 Å². The van der Waals surface area contributed by atoms with Crippen LogP contribution in [-0.4, -0.2) is 16.8 Å². The number of anilines is 2. The van der Waals surface area contributed by atoms with Crippen molar-refractivity contribution in [3.05, 3.63) is 89.2 Å². The number of hydrogen-bond acceptors (Lipinski definition) is 3. The predicted molar refractivity (Wildman–Crippen MR) is 103 cm³/mol. The van der Waals surface area contributed by atoms with Crippen molar-refractivity contribution in [3.8, 4) is 0 Å². The van der Waals surface area contributed by atoms with E-state index in [1.54, 1.807) is 42.6 Å². The Bertz CT molecular complexity index is 935. The zero-order valence-electron chi connectivity index (χ0n) is 14.6. The van der Waals surface area contributed by atoms with Gasteiger partial charge in [0, 0.05) is 29.3 Å². The molecule has 3 aromatic rings. The molecule has 0 fully saturated rings. The molecule has 1 aromatic heterocycles. The topological polar surface area (TPSA) is 71.1 Å². The van der Waals surface area contributed by atoms with Gasteiger partial charge in [-0.15, -0.1) is 0 Å². The van der Waals surface area contributed by atoms with Gasteiger partial charge in [0.2, 0.25) is 0 Å². The highest BCUT2D eigenvalue weighted by Gasteiger charge is 2.09. The van der Waals surface area contributed by atoms with Gasteiger partial charge in [-0.1, -0.05) is 17.7 Å². The molecule has 130 valence electrons. The molecule has 0 saturated heterocycles. The van der Waals surface area contributed by atoms with Gasteiger partial charge in [0.15, 0.2) is 0 Å². The van der Waals surface area contributed by atoms with Crippen LogP contribution < -0.4 is 10.6 Å². The van der Waals surface area contributed by atoms with Crippen molar-refractivity contribution in [2.24, 2.45) is 0 Å². The summed E-state index contributed by atoms with van der Waals surface area (Å²) >= 11 is 0. The minimum atomic E-state index is -0.245. The Morgan fingerprint density at radius 1 is 0.846 bits per heavy atom. The standard InChI is InChI=1S/C21H19N3O2/c1-14-5-10-19(15(2)12-14)24-20(25)16-6-8-18(9-7-16)23-21(26)17-4-3-11-22-13-17/h3-13H,1-2H3,(H,23,26)(H,24,25). The summed E-state index contributed by atoms with van der Waals surface area (Å²) in [7, 11) is 0. The van der Waals surface area contributed by atoms with Crippen LogP contribution in [0, 0.1) is 13.8 Å². The number of hydrogen-bond donors (Lipinski definition) is 2. The molecule has 26 heavy (non-hydrogen) atoms. The molecule has 1 heterocycles. The first-order chi connectivity index (χ1) is 12.5. The van der Waals surface area contributed by atoms with Crippen LogP contribution in [0.1, 0.15) is 31.8 Å². The number of rotatable bonds is 4. The molecule has 0 aliphatic rings. The van der Waals surface area contributed by atoms with Crippen LogP contribution in [-0.2, 0) is 0 Å². The van der Waals surface area contributed by atoms with Gasteiger partial charge in [0.05, 0.1) is 5.56 Å². The van der Waals surface area contributed by atoms with Crippen LogP contribution in [0.2, 0.25) is 0 Å². The van der Waals surface area contributed by atoms with Crippen molar-refractivity contribution in [2.75, 3.05) is 10.6 Å². The first-order valence-corrected chi connectivity index (χ1v) is 8.23. The fourth-order valence-corrected chi connectivity index (χ4v) is 2.55. The second-order valence-electron chi connectivity index (χ2n) is 6.05. The van der Waals surface area contributed by atoms with E-state index in [1.165, 1.54) is 6.20 Å². The number of carbonyl (C=O) groups is 2. The molecule has 0 atom stereocenters. The van der Waals surface area contributed by atoms with E-state index in [-0.39, 0.29) is 11.8 Å². The monoisotopic (exact) mass is 345 g/mol. The number of amides is 2. The summed E-state index contributed by atoms with van der Waals surface area (Å²) < 4.78 is 0. The number of carbonyl (C=O) groups excluding carboxylic acids is 2. The number of nitrogens with zero attached hydrogens (tertiary/aromatic N) is 1. The first-order valence-electron chi connectivity index (χ1n) is 8.23. The lowest BCUT2D eigenvalue weighted by Crippen LogP contribution is -2.14. The Labute approximate surface area is 152 Å². The lowest BCUT2D eigenvalue weighted by atomic mass is 10.1. The molecule has 0 spiro atoms. The van der Waals surface area contributed by atoms with E-state index in [4.69, 9.17) is 0 Å². The molecule has 2 N–H and O–H groups in total. The smallest absolute Gasteiger partial charge is 0.257 e. The van der Waals surface area contributed by atoms with E-state index in [2.05, 4.69) is 15.6 Å². The van der Waals surface area contributed by atoms with Crippen molar-refractivity contribution < 1.29 is 9.59 Å². The summed E-state index contributed by atoms with van der Waals surface area (Å²) in [6, 6.07) is 16.0. The van der Waals surface area contributed by atoms with Crippen LogP contribution in [0.25, 0.3) is 0 Å². The van der Waals surface area contributed by atoms with E-state index < -0.39 is 0 Å². The predicted octanol–water partition coefficient (Wildman–Crippen LogP) is 4.20. The average molecular weight is 345 g/mol. The van der Waals surface area contributed by atoms with Crippen molar-refractivity contribution in [2.45, 2.75) is 13.8 Å². The SMILES string of the molecule is Cc1ccc(NC(=O)c2ccc(NC(=O)c3cccnc3)cc2)c(C)c1. The second kappa shape index (κ2) is 7.61. The molecular formula is C21H19N3O2. The van der Waals surface area contributed by atoms with Crippen LogP contribution >= 0.6 is 0 Å². The van der Waals surface area contributed by atoms with E-state index in [1.807, 2.05) is 32.0 Å². The molecular weight excluding hydrogens is 326 g/mol. The Balaban J connectivity index is 1.67. The highest BCUT2D eigenvalue weighted by Crippen LogP contribution is 2.18. The molecule has 2 amide bonds. The lowest BCUT2D eigenvalue weighted by Gasteiger charge is -2.10. The molecule has 5 heteroatoms. The van der Waals surface area contributed by atoms with Crippen molar-refractivity contribution in [3.63, 3.8) is 0 Å². The molecule has 0 saturated carbocycles. The van der Waals surface area contributed by atoms with E-state index in [0.717, 1.165) is 16.8 Å². The van der Waals surface area contributed by atoms with Gasteiger partial charge >= 0.3 is 0 Å². The Hall–Kier alpha value is -3.47. The molecule has 0 aliphatic heterocycles. The fourth-order valence-electron chi connectivity index (χ4n) is 2.55. The summed E-state index contributed by atoms with van der Waals surface area (Å²) in [5, 5.41) is 5.68. The quantitative estimate of drug-likeness (QED) is 0.744. The van der Waals surface area contributed by atoms with Gasteiger partial charge in [0.1, 0.15) is 0 Å². The van der Waals surface area contributed by atoms with Gasteiger partial charge in [0.25, 0.3) is 11.8 Å². The summed E-state index contributed by atoms with van der Waals surface area (Å²) in [5.41, 5.74) is 4.55. The van der Waals surface area contributed by atoms with E-state index in [0.29, 0.717) is 16.8 Å². The molecule has 0 unspecified atom stereocenters. The van der Waals surface area contributed by atoms with Gasteiger partial charge in [-0.2, -0.15) is 0 Å². The zero-order chi connectivity index (χ0) is 18.5. The van der Waals surface area contributed by atoms with Crippen molar-refractivity contribution in [1.82, 2.24) is 4.98 Å². The molecule has 5 nitrogen and oxygen atoms in total. The summed E-state index contributed by atoms with van der Waals surface area (Å²) in [6.07, 6.45) is 3.11. The fraction of sp³-hybridized carbons (Fsp3) is 0.0952. The largest absolute Gasteiger partial charge is 0.322 e. The highest BCUT2D eigenvalue weighted by molar-refractivity contribution is 6.06. The second-order valence-corrected chi connectivity index (χ2v) is 6.05. The molecule has 3 rings (SSSR count). The van der Waals surface area contributed by atoms with Crippen LogP contribution in [0.5, 0.6) is 0 Å². The van der Waals surface area contributed by atoms with E-state index in [9.17, 15) is 9.59 Å². The number of aromatic nitrogens is 1. The zero-order valence-corrected chi connectivity index (χ0v) is 14.6. The number of aryl methyl sites for hydroxylation is 2. The van der Waals surface area contributed by atoms with Crippen molar-refractivity contribution in [1.29, 1.82) is 0 Å². The molecule has 0 bridgehead atoms. The Morgan fingerprint density at radius 2 is 1.58 bits per heavy atom.